The second kappa shape index (κ2) is 6.56. The van der Waals surface area contributed by atoms with Crippen molar-refractivity contribution in [1.29, 1.82) is 0 Å². The highest BCUT2D eigenvalue weighted by atomic mass is 79.9. The smallest absolute Gasteiger partial charge is 0.259 e. The Morgan fingerprint density at radius 2 is 2.19 bits per heavy atom. The van der Waals surface area contributed by atoms with E-state index in [1.165, 1.54) is 6.42 Å². The lowest BCUT2D eigenvalue weighted by atomic mass is 9.96. The van der Waals surface area contributed by atoms with Gasteiger partial charge in [-0.15, -0.1) is 0 Å². The van der Waals surface area contributed by atoms with E-state index in [9.17, 15) is 0 Å². The number of benzene rings is 1. The van der Waals surface area contributed by atoms with Crippen molar-refractivity contribution >= 4 is 31.9 Å². The predicted molar refractivity (Wildman–Crippen MR) is 85.7 cm³/mol. The standard InChI is InChI=1S/C14H15Br2N3O2/c15-8-4-5-10(11(16)6-8)14-18-13(19-21-14)12(17)7-20-9-2-1-3-9/h4-6,9,12H,1-3,7,17H2. The lowest BCUT2D eigenvalue weighted by molar-refractivity contribution is -0.00549. The Bertz CT molecular complexity index is 628. The molecule has 0 radical (unpaired) electrons. The van der Waals surface area contributed by atoms with Gasteiger partial charge in [-0.25, -0.2) is 0 Å². The predicted octanol–water partition coefficient (Wildman–Crippen LogP) is 3.83. The molecule has 1 aromatic heterocycles. The first kappa shape index (κ1) is 15.1. The molecule has 1 aliphatic rings. The minimum Gasteiger partial charge on any atom is -0.376 e. The van der Waals surface area contributed by atoms with Crippen LogP contribution in [-0.2, 0) is 4.74 Å². The van der Waals surface area contributed by atoms with Crippen LogP contribution in [-0.4, -0.2) is 22.9 Å². The number of halogens is 2. The number of ether oxygens (including phenoxy) is 1. The van der Waals surface area contributed by atoms with Crippen molar-refractivity contribution < 1.29 is 9.26 Å². The number of hydrogen-bond donors (Lipinski definition) is 1. The molecule has 1 atom stereocenters. The topological polar surface area (TPSA) is 74.2 Å². The number of nitrogens with zero attached hydrogens (tertiary/aromatic N) is 2. The van der Waals surface area contributed by atoms with Crippen molar-refractivity contribution in [3.8, 4) is 11.5 Å². The van der Waals surface area contributed by atoms with Crippen LogP contribution in [0.2, 0.25) is 0 Å². The lowest BCUT2D eigenvalue weighted by Gasteiger charge is -2.26. The summed E-state index contributed by atoms with van der Waals surface area (Å²) in [6.45, 7) is 0.422. The zero-order valence-electron chi connectivity index (χ0n) is 11.3. The van der Waals surface area contributed by atoms with Gasteiger partial charge in [0, 0.05) is 8.95 Å². The van der Waals surface area contributed by atoms with Gasteiger partial charge in [-0.1, -0.05) is 21.1 Å². The first-order valence-corrected chi connectivity index (χ1v) is 8.38. The molecular formula is C14H15Br2N3O2. The first-order chi connectivity index (χ1) is 10.1. The van der Waals surface area contributed by atoms with Crippen molar-refractivity contribution in [2.75, 3.05) is 6.61 Å². The highest BCUT2D eigenvalue weighted by molar-refractivity contribution is 9.11. The van der Waals surface area contributed by atoms with E-state index in [1.807, 2.05) is 18.2 Å². The van der Waals surface area contributed by atoms with E-state index in [0.717, 1.165) is 27.4 Å². The Balaban J connectivity index is 1.69. The molecule has 7 heteroatoms. The third-order valence-corrected chi connectivity index (χ3v) is 4.65. The molecule has 1 unspecified atom stereocenters. The molecule has 1 aromatic carbocycles. The molecule has 0 aliphatic heterocycles. The molecule has 2 aromatic rings. The molecule has 0 bridgehead atoms. The van der Waals surface area contributed by atoms with Gasteiger partial charge >= 0.3 is 0 Å². The van der Waals surface area contributed by atoms with Gasteiger partial charge in [0.15, 0.2) is 5.82 Å². The maximum Gasteiger partial charge on any atom is 0.259 e. The van der Waals surface area contributed by atoms with Crippen LogP contribution >= 0.6 is 31.9 Å². The van der Waals surface area contributed by atoms with Crippen LogP contribution < -0.4 is 5.73 Å². The largest absolute Gasteiger partial charge is 0.376 e. The Kier molecular flexibility index (Phi) is 4.73. The number of nitrogens with two attached hydrogens (primary N) is 1. The van der Waals surface area contributed by atoms with Crippen LogP contribution in [0, 0.1) is 0 Å². The lowest BCUT2D eigenvalue weighted by Crippen LogP contribution is -2.27. The van der Waals surface area contributed by atoms with Gasteiger partial charge in [-0.2, -0.15) is 4.98 Å². The third-order valence-electron chi connectivity index (χ3n) is 3.50. The second-order valence-electron chi connectivity index (χ2n) is 5.07. The monoisotopic (exact) mass is 415 g/mol. The van der Waals surface area contributed by atoms with Crippen molar-refractivity contribution in [2.24, 2.45) is 5.73 Å². The molecule has 1 heterocycles. The summed E-state index contributed by atoms with van der Waals surface area (Å²) in [6, 6.07) is 5.39. The van der Waals surface area contributed by atoms with E-state index in [0.29, 0.717) is 24.4 Å². The van der Waals surface area contributed by atoms with Crippen LogP contribution in [0.1, 0.15) is 31.1 Å². The third kappa shape index (κ3) is 3.53. The zero-order chi connectivity index (χ0) is 14.8. The summed E-state index contributed by atoms with van der Waals surface area (Å²) in [4.78, 5) is 4.36. The molecule has 1 saturated carbocycles. The Hall–Kier alpha value is -0.760. The van der Waals surface area contributed by atoms with E-state index in [-0.39, 0.29) is 6.04 Å². The SMILES string of the molecule is NC(COC1CCC1)c1noc(-c2ccc(Br)cc2Br)n1. The summed E-state index contributed by atoms with van der Waals surface area (Å²) in [5.74, 6) is 0.919. The Labute approximate surface area is 139 Å². The van der Waals surface area contributed by atoms with Crippen LogP contribution in [0.5, 0.6) is 0 Å². The fourth-order valence-electron chi connectivity index (χ4n) is 2.01. The van der Waals surface area contributed by atoms with Crippen molar-refractivity contribution in [2.45, 2.75) is 31.4 Å². The molecule has 1 aliphatic carbocycles. The minimum atomic E-state index is -0.364. The van der Waals surface area contributed by atoms with Gasteiger partial charge in [-0.3, -0.25) is 0 Å². The molecule has 0 amide bonds. The van der Waals surface area contributed by atoms with E-state index in [2.05, 4.69) is 42.0 Å². The van der Waals surface area contributed by atoms with Crippen molar-refractivity contribution in [3.05, 3.63) is 33.0 Å². The second-order valence-corrected chi connectivity index (χ2v) is 6.84. The zero-order valence-corrected chi connectivity index (χ0v) is 14.4. The molecule has 5 nitrogen and oxygen atoms in total. The van der Waals surface area contributed by atoms with E-state index in [1.54, 1.807) is 0 Å². The summed E-state index contributed by atoms with van der Waals surface area (Å²) < 4.78 is 12.8. The van der Waals surface area contributed by atoms with Gasteiger partial charge < -0.3 is 15.0 Å². The number of rotatable bonds is 5. The van der Waals surface area contributed by atoms with E-state index < -0.39 is 0 Å². The average molecular weight is 417 g/mol. The first-order valence-electron chi connectivity index (χ1n) is 6.79. The summed E-state index contributed by atoms with van der Waals surface area (Å²) >= 11 is 6.89. The summed E-state index contributed by atoms with van der Waals surface area (Å²) in [5.41, 5.74) is 6.88. The molecule has 0 spiro atoms. The quantitative estimate of drug-likeness (QED) is 0.801. The molecule has 0 saturated heterocycles. The van der Waals surface area contributed by atoms with Crippen LogP contribution in [0.25, 0.3) is 11.5 Å². The Morgan fingerprint density at radius 3 is 2.86 bits per heavy atom. The highest BCUT2D eigenvalue weighted by Gasteiger charge is 2.22. The molecule has 21 heavy (non-hydrogen) atoms. The average Bonchev–Trinajstić information content (AvgIpc) is 2.86. The van der Waals surface area contributed by atoms with Crippen molar-refractivity contribution in [1.82, 2.24) is 10.1 Å². The van der Waals surface area contributed by atoms with Crippen LogP contribution in [0.4, 0.5) is 0 Å². The van der Waals surface area contributed by atoms with Gasteiger partial charge in [0.05, 0.1) is 24.3 Å². The number of hydrogen-bond acceptors (Lipinski definition) is 5. The minimum absolute atomic E-state index is 0.350. The molecular weight excluding hydrogens is 402 g/mol. The van der Waals surface area contributed by atoms with Gasteiger partial charge in [0.2, 0.25) is 0 Å². The van der Waals surface area contributed by atoms with Gasteiger partial charge in [0.1, 0.15) is 0 Å². The van der Waals surface area contributed by atoms with Crippen LogP contribution in [0.15, 0.2) is 31.7 Å². The summed E-state index contributed by atoms with van der Waals surface area (Å²) in [5, 5.41) is 3.95. The fourth-order valence-corrected chi connectivity index (χ4v) is 3.23. The fraction of sp³-hybridized carbons (Fsp3) is 0.429. The van der Waals surface area contributed by atoms with E-state index in [4.69, 9.17) is 15.0 Å². The summed E-state index contributed by atoms with van der Waals surface area (Å²) in [7, 11) is 0. The molecule has 2 N–H and O–H groups in total. The molecule has 3 rings (SSSR count). The molecule has 112 valence electrons. The highest BCUT2D eigenvalue weighted by Crippen LogP contribution is 2.30. The van der Waals surface area contributed by atoms with Crippen molar-refractivity contribution in [3.63, 3.8) is 0 Å². The van der Waals surface area contributed by atoms with Crippen LogP contribution in [0.3, 0.4) is 0 Å². The number of aromatic nitrogens is 2. The Morgan fingerprint density at radius 1 is 1.38 bits per heavy atom. The maximum absolute atomic E-state index is 6.05. The summed E-state index contributed by atoms with van der Waals surface area (Å²) in [6.07, 6.45) is 3.83. The molecule has 1 fully saturated rings. The maximum atomic E-state index is 6.05. The normalized spacial score (nSPS) is 16.7. The van der Waals surface area contributed by atoms with Gasteiger partial charge in [0.25, 0.3) is 5.89 Å². The van der Waals surface area contributed by atoms with E-state index >= 15 is 0 Å². The van der Waals surface area contributed by atoms with Gasteiger partial charge in [-0.05, 0) is 53.4 Å².